The van der Waals surface area contributed by atoms with E-state index in [1.807, 2.05) is 45.0 Å². The number of benzene rings is 1. The summed E-state index contributed by atoms with van der Waals surface area (Å²) >= 11 is 1.34. The zero-order valence-electron chi connectivity index (χ0n) is 16.1. The van der Waals surface area contributed by atoms with Gasteiger partial charge in [-0.25, -0.2) is 9.48 Å². The average Bonchev–Trinajstić information content (AvgIpc) is 3.20. The van der Waals surface area contributed by atoms with Gasteiger partial charge in [-0.1, -0.05) is 29.8 Å². The first-order valence-electron chi connectivity index (χ1n) is 8.80. The zero-order chi connectivity index (χ0) is 20.3. The van der Waals surface area contributed by atoms with Crippen molar-refractivity contribution in [2.75, 3.05) is 11.9 Å². The maximum absolute atomic E-state index is 12.6. The number of thiophene rings is 1. The number of hydrogen-bond donors (Lipinski definition) is 1. The molecule has 0 unspecified atom stereocenters. The van der Waals surface area contributed by atoms with Gasteiger partial charge in [0.15, 0.2) is 5.82 Å². The molecule has 0 bridgehead atoms. The van der Waals surface area contributed by atoms with Crippen LogP contribution < -0.4 is 5.32 Å². The molecular formula is C19H21N5O3S. The minimum atomic E-state index is -0.442. The Bertz CT molecular complexity index is 1010. The number of rotatable bonds is 6. The van der Waals surface area contributed by atoms with Crippen LogP contribution in [0.4, 0.5) is 5.00 Å². The highest BCUT2D eigenvalue weighted by Crippen LogP contribution is 2.33. The highest BCUT2D eigenvalue weighted by Gasteiger charge is 2.22. The molecule has 0 fully saturated rings. The summed E-state index contributed by atoms with van der Waals surface area (Å²) < 4.78 is 6.54. The van der Waals surface area contributed by atoms with Crippen LogP contribution in [0.1, 0.15) is 33.3 Å². The van der Waals surface area contributed by atoms with Crippen molar-refractivity contribution in [2.45, 2.75) is 34.2 Å². The van der Waals surface area contributed by atoms with Crippen molar-refractivity contribution in [3.05, 3.63) is 45.8 Å². The quantitative estimate of drug-likeness (QED) is 0.639. The van der Waals surface area contributed by atoms with Crippen LogP contribution in [-0.2, 0) is 16.1 Å². The number of carbonyl (C=O) groups is 2. The molecule has 3 rings (SSSR count). The first-order valence-corrected chi connectivity index (χ1v) is 9.62. The molecule has 1 aromatic carbocycles. The number of carbonyl (C=O) groups excluding carboxylic acids is 2. The fourth-order valence-electron chi connectivity index (χ4n) is 2.69. The second kappa shape index (κ2) is 8.30. The van der Waals surface area contributed by atoms with Crippen LogP contribution in [-0.4, -0.2) is 38.7 Å². The number of amides is 1. The van der Waals surface area contributed by atoms with E-state index in [0.29, 0.717) is 16.4 Å². The maximum atomic E-state index is 12.6. The Morgan fingerprint density at radius 1 is 1.18 bits per heavy atom. The fourth-order valence-corrected chi connectivity index (χ4v) is 3.75. The van der Waals surface area contributed by atoms with E-state index in [9.17, 15) is 9.59 Å². The lowest BCUT2D eigenvalue weighted by Gasteiger charge is -2.08. The van der Waals surface area contributed by atoms with E-state index in [2.05, 4.69) is 20.8 Å². The van der Waals surface area contributed by atoms with Gasteiger partial charge in [0, 0.05) is 10.4 Å². The number of ether oxygens (including phenoxy) is 1. The highest BCUT2D eigenvalue weighted by molar-refractivity contribution is 7.16. The first kappa shape index (κ1) is 19.7. The maximum Gasteiger partial charge on any atom is 0.341 e. The fraction of sp³-hybridized carbons (Fsp3) is 0.316. The minimum absolute atomic E-state index is 0.0749. The van der Waals surface area contributed by atoms with Crippen molar-refractivity contribution >= 4 is 28.2 Å². The number of tetrazole rings is 1. The zero-order valence-corrected chi connectivity index (χ0v) is 17.0. The molecule has 1 N–H and O–H groups in total. The monoisotopic (exact) mass is 399 g/mol. The summed E-state index contributed by atoms with van der Waals surface area (Å²) in [7, 11) is 0. The lowest BCUT2D eigenvalue weighted by molar-refractivity contribution is -0.116. The molecule has 0 saturated heterocycles. The molecule has 0 aliphatic carbocycles. The predicted molar refractivity (Wildman–Crippen MR) is 106 cm³/mol. The smallest absolute Gasteiger partial charge is 0.341 e. The van der Waals surface area contributed by atoms with Crippen molar-refractivity contribution in [1.82, 2.24) is 20.2 Å². The van der Waals surface area contributed by atoms with Crippen LogP contribution in [0.2, 0.25) is 0 Å². The standard InChI is InChI=1S/C19H21N5O3S/c1-5-27-19(26)16-12(3)13(4)28-18(16)20-15(25)10-24-17(21-22-23-24)14-8-6-11(2)7-9-14/h6-9H,5,10H2,1-4H3,(H,20,25). The van der Waals surface area contributed by atoms with Gasteiger partial charge in [-0.05, 0) is 43.7 Å². The summed E-state index contributed by atoms with van der Waals surface area (Å²) in [5.74, 6) is -0.269. The molecule has 0 spiro atoms. The van der Waals surface area contributed by atoms with Gasteiger partial charge in [0.05, 0.1) is 12.2 Å². The SMILES string of the molecule is CCOC(=O)c1c(NC(=O)Cn2nnnc2-c2ccc(C)cc2)sc(C)c1C. The Morgan fingerprint density at radius 3 is 2.57 bits per heavy atom. The number of aromatic nitrogens is 4. The van der Waals surface area contributed by atoms with Crippen molar-refractivity contribution < 1.29 is 14.3 Å². The predicted octanol–water partition coefficient (Wildman–Crippen LogP) is 3.14. The van der Waals surface area contributed by atoms with E-state index in [4.69, 9.17) is 4.74 Å². The van der Waals surface area contributed by atoms with Crippen molar-refractivity contribution in [2.24, 2.45) is 0 Å². The highest BCUT2D eigenvalue weighted by atomic mass is 32.1. The Morgan fingerprint density at radius 2 is 1.89 bits per heavy atom. The molecule has 2 heterocycles. The molecule has 3 aromatic rings. The molecular weight excluding hydrogens is 378 g/mol. The second-order valence-corrected chi connectivity index (χ2v) is 7.51. The van der Waals surface area contributed by atoms with Gasteiger partial charge >= 0.3 is 5.97 Å². The van der Waals surface area contributed by atoms with E-state index in [-0.39, 0.29) is 19.1 Å². The summed E-state index contributed by atoms with van der Waals surface area (Å²) in [5, 5.41) is 14.9. The Labute approximate surface area is 166 Å². The van der Waals surface area contributed by atoms with Crippen LogP contribution in [0.15, 0.2) is 24.3 Å². The molecule has 0 atom stereocenters. The van der Waals surface area contributed by atoms with E-state index >= 15 is 0 Å². The van der Waals surface area contributed by atoms with E-state index in [1.165, 1.54) is 16.0 Å². The number of anilines is 1. The molecule has 146 valence electrons. The van der Waals surface area contributed by atoms with E-state index in [0.717, 1.165) is 21.6 Å². The summed E-state index contributed by atoms with van der Waals surface area (Å²) in [6, 6.07) is 7.72. The third kappa shape index (κ3) is 4.09. The molecule has 9 heteroatoms. The molecule has 8 nitrogen and oxygen atoms in total. The Balaban J connectivity index is 1.79. The van der Waals surface area contributed by atoms with Crippen LogP contribution in [0.5, 0.6) is 0 Å². The Hall–Kier alpha value is -3.07. The lowest BCUT2D eigenvalue weighted by atomic mass is 10.1. The number of nitrogens with zero attached hydrogens (tertiary/aromatic N) is 4. The van der Waals surface area contributed by atoms with Gasteiger partial charge in [-0.3, -0.25) is 4.79 Å². The summed E-state index contributed by atoms with van der Waals surface area (Å²) in [6.45, 7) is 7.67. The molecule has 28 heavy (non-hydrogen) atoms. The molecule has 0 saturated carbocycles. The summed E-state index contributed by atoms with van der Waals surface area (Å²) in [5.41, 5.74) is 3.14. The summed E-state index contributed by atoms with van der Waals surface area (Å²) in [4.78, 5) is 25.8. The van der Waals surface area contributed by atoms with Crippen LogP contribution in [0.25, 0.3) is 11.4 Å². The Kier molecular flexibility index (Phi) is 5.84. The number of aryl methyl sites for hydroxylation is 2. The van der Waals surface area contributed by atoms with Gasteiger partial charge in [0.2, 0.25) is 5.91 Å². The van der Waals surface area contributed by atoms with Crippen LogP contribution in [0, 0.1) is 20.8 Å². The van der Waals surface area contributed by atoms with Crippen LogP contribution in [0.3, 0.4) is 0 Å². The molecule has 2 aromatic heterocycles. The normalized spacial score (nSPS) is 10.7. The largest absolute Gasteiger partial charge is 0.462 e. The topological polar surface area (TPSA) is 99.0 Å². The average molecular weight is 399 g/mol. The van der Waals surface area contributed by atoms with Crippen molar-refractivity contribution in [1.29, 1.82) is 0 Å². The van der Waals surface area contributed by atoms with Crippen molar-refractivity contribution in [3.63, 3.8) is 0 Å². The second-order valence-electron chi connectivity index (χ2n) is 6.28. The molecule has 0 aliphatic heterocycles. The van der Waals surface area contributed by atoms with Gasteiger partial charge < -0.3 is 10.1 Å². The third-order valence-corrected chi connectivity index (χ3v) is 5.38. The molecule has 1 amide bonds. The summed E-state index contributed by atoms with van der Waals surface area (Å²) in [6.07, 6.45) is 0. The van der Waals surface area contributed by atoms with Gasteiger partial charge in [-0.15, -0.1) is 16.4 Å². The van der Waals surface area contributed by atoms with Crippen molar-refractivity contribution in [3.8, 4) is 11.4 Å². The third-order valence-electron chi connectivity index (χ3n) is 4.25. The van der Waals surface area contributed by atoms with Crippen LogP contribution >= 0.6 is 11.3 Å². The van der Waals surface area contributed by atoms with Gasteiger partial charge in [-0.2, -0.15) is 0 Å². The number of nitrogens with one attached hydrogen (secondary N) is 1. The molecule has 0 radical (unpaired) electrons. The lowest BCUT2D eigenvalue weighted by Crippen LogP contribution is -2.21. The molecule has 0 aliphatic rings. The van der Waals surface area contributed by atoms with Gasteiger partial charge in [0.25, 0.3) is 0 Å². The number of esters is 1. The first-order chi connectivity index (χ1) is 13.4. The van der Waals surface area contributed by atoms with E-state index in [1.54, 1.807) is 6.92 Å². The number of hydrogen-bond acceptors (Lipinski definition) is 7. The van der Waals surface area contributed by atoms with E-state index < -0.39 is 5.97 Å². The van der Waals surface area contributed by atoms with Gasteiger partial charge in [0.1, 0.15) is 11.5 Å². The minimum Gasteiger partial charge on any atom is -0.462 e.